The van der Waals surface area contributed by atoms with Gasteiger partial charge in [-0.1, -0.05) is 19.1 Å². The molecule has 1 aromatic heterocycles. The van der Waals surface area contributed by atoms with E-state index in [2.05, 4.69) is 33.2 Å². The van der Waals surface area contributed by atoms with Crippen molar-refractivity contribution >= 4 is 22.9 Å². The number of para-hydroxylation sites is 2. The Hall–Kier alpha value is -1.88. The first-order valence-electron chi connectivity index (χ1n) is 7.76. The number of hydrogen-bond acceptors (Lipinski definition) is 3. The molecule has 5 nitrogen and oxygen atoms in total. The zero-order valence-corrected chi connectivity index (χ0v) is 12.4. The number of amides is 1. The standard InChI is InChI=1S/C16H22N4O/c1-2-11-20-14-6-4-3-5-13(14)18-16(20)19-15(21)12-7-9-17-10-8-12/h3-6,12,17H,2,7-11H2,1H3,(H,18,19,21). The van der Waals surface area contributed by atoms with E-state index in [9.17, 15) is 4.79 Å². The van der Waals surface area contributed by atoms with Gasteiger partial charge in [-0.3, -0.25) is 10.1 Å². The van der Waals surface area contributed by atoms with Crippen molar-refractivity contribution in [2.45, 2.75) is 32.7 Å². The van der Waals surface area contributed by atoms with Crippen LogP contribution in [0.3, 0.4) is 0 Å². The molecule has 1 fully saturated rings. The van der Waals surface area contributed by atoms with E-state index in [1.165, 1.54) is 0 Å². The van der Waals surface area contributed by atoms with Gasteiger partial charge in [-0.2, -0.15) is 0 Å². The molecule has 1 aliphatic rings. The minimum Gasteiger partial charge on any atom is -0.317 e. The van der Waals surface area contributed by atoms with Crippen molar-refractivity contribution in [2.75, 3.05) is 18.4 Å². The Morgan fingerprint density at radius 2 is 2.14 bits per heavy atom. The number of aromatic nitrogens is 2. The van der Waals surface area contributed by atoms with E-state index in [4.69, 9.17) is 0 Å². The number of benzene rings is 1. The minimum atomic E-state index is 0.0983. The first-order chi connectivity index (χ1) is 10.3. The summed E-state index contributed by atoms with van der Waals surface area (Å²) < 4.78 is 2.11. The molecular formula is C16H22N4O. The van der Waals surface area contributed by atoms with E-state index in [0.29, 0.717) is 5.95 Å². The lowest BCUT2D eigenvalue weighted by Crippen LogP contribution is -2.35. The summed E-state index contributed by atoms with van der Waals surface area (Å²) in [6, 6.07) is 8.03. The summed E-state index contributed by atoms with van der Waals surface area (Å²) in [5, 5.41) is 6.33. The van der Waals surface area contributed by atoms with Crippen LogP contribution in [0, 0.1) is 5.92 Å². The lowest BCUT2D eigenvalue weighted by molar-refractivity contribution is -0.120. The number of anilines is 1. The van der Waals surface area contributed by atoms with Crippen LogP contribution in [-0.4, -0.2) is 28.5 Å². The zero-order valence-electron chi connectivity index (χ0n) is 12.4. The number of rotatable bonds is 4. The molecule has 112 valence electrons. The van der Waals surface area contributed by atoms with Crippen LogP contribution in [0.25, 0.3) is 11.0 Å². The second kappa shape index (κ2) is 6.26. The fraction of sp³-hybridized carbons (Fsp3) is 0.500. The Bertz CT molecular complexity index is 628. The van der Waals surface area contributed by atoms with Crippen LogP contribution in [0.2, 0.25) is 0 Å². The van der Waals surface area contributed by atoms with Crippen molar-refractivity contribution in [3.8, 4) is 0 Å². The molecule has 0 spiro atoms. The molecule has 0 atom stereocenters. The molecule has 2 N–H and O–H groups in total. The Balaban J connectivity index is 1.85. The molecule has 2 aromatic rings. The van der Waals surface area contributed by atoms with Crippen molar-refractivity contribution in [1.29, 1.82) is 0 Å². The Morgan fingerprint density at radius 3 is 2.90 bits per heavy atom. The van der Waals surface area contributed by atoms with Gasteiger partial charge in [0.25, 0.3) is 0 Å². The highest BCUT2D eigenvalue weighted by molar-refractivity contribution is 5.93. The van der Waals surface area contributed by atoms with Crippen molar-refractivity contribution in [2.24, 2.45) is 5.92 Å². The average Bonchev–Trinajstić information content (AvgIpc) is 2.86. The predicted octanol–water partition coefficient (Wildman–Crippen LogP) is 2.38. The summed E-state index contributed by atoms with van der Waals surface area (Å²) in [6.07, 6.45) is 2.82. The van der Waals surface area contributed by atoms with Gasteiger partial charge in [0.1, 0.15) is 0 Å². The maximum atomic E-state index is 12.4. The number of nitrogens with zero attached hydrogens (tertiary/aromatic N) is 2. The third-order valence-electron chi connectivity index (χ3n) is 4.05. The van der Waals surface area contributed by atoms with E-state index < -0.39 is 0 Å². The minimum absolute atomic E-state index is 0.0983. The molecule has 0 bridgehead atoms. The van der Waals surface area contributed by atoms with Gasteiger partial charge in [0.2, 0.25) is 11.9 Å². The monoisotopic (exact) mass is 286 g/mol. The van der Waals surface area contributed by atoms with Crippen molar-refractivity contribution in [3.63, 3.8) is 0 Å². The number of imidazole rings is 1. The fourth-order valence-corrected chi connectivity index (χ4v) is 2.92. The Labute approximate surface area is 124 Å². The van der Waals surface area contributed by atoms with Crippen LogP contribution in [0.5, 0.6) is 0 Å². The molecule has 1 aromatic carbocycles. The quantitative estimate of drug-likeness (QED) is 0.907. The number of aryl methyl sites for hydroxylation is 1. The lowest BCUT2D eigenvalue weighted by atomic mass is 9.97. The average molecular weight is 286 g/mol. The molecule has 21 heavy (non-hydrogen) atoms. The van der Waals surface area contributed by atoms with Crippen LogP contribution < -0.4 is 10.6 Å². The summed E-state index contributed by atoms with van der Waals surface area (Å²) >= 11 is 0. The smallest absolute Gasteiger partial charge is 0.229 e. The van der Waals surface area contributed by atoms with Crippen molar-refractivity contribution < 1.29 is 4.79 Å². The number of fused-ring (bicyclic) bond motifs is 1. The third kappa shape index (κ3) is 2.93. The molecule has 0 radical (unpaired) electrons. The second-order valence-electron chi connectivity index (χ2n) is 5.59. The van der Waals surface area contributed by atoms with Gasteiger partial charge < -0.3 is 9.88 Å². The van der Waals surface area contributed by atoms with E-state index in [1.807, 2.05) is 18.2 Å². The zero-order chi connectivity index (χ0) is 14.7. The highest BCUT2D eigenvalue weighted by atomic mass is 16.2. The first kappa shape index (κ1) is 14.1. The summed E-state index contributed by atoms with van der Waals surface area (Å²) in [5.74, 6) is 0.881. The first-order valence-corrected chi connectivity index (χ1v) is 7.76. The summed E-state index contributed by atoms with van der Waals surface area (Å²) in [6.45, 7) is 4.84. The van der Waals surface area contributed by atoms with Crippen LogP contribution in [0.4, 0.5) is 5.95 Å². The van der Waals surface area contributed by atoms with E-state index >= 15 is 0 Å². The molecule has 1 aliphatic heterocycles. The largest absolute Gasteiger partial charge is 0.317 e. The molecule has 1 amide bonds. The van der Waals surface area contributed by atoms with Gasteiger partial charge in [-0.15, -0.1) is 0 Å². The number of carbonyl (C=O) groups excluding carboxylic acids is 1. The predicted molar refractivity (Wildman–Crippen MR) is 84.2 cm³/mol. The summed E-state index contributed by atoms with van der Waals surface area (Å²) in [5.41, 5.74) is 2.02. The van der Waals surface area contributed by atoms with Gasteiger partial charge in [-0.25, -0.2) is 4.98 Å². The molecule has 0 aliphatic carbocycles. The molecular weight excluding hydrogens is 264 g/mol. The van der Waals surface area contributed by atoms with Crippen molar-refractivity contribution in [1.82, 2.24) is 14.9 Å². The lowest BCUT2D eigenvalue weighted by Gasteiger charge is -2.21. The van der Waals surface area contributed by atoms with Crippen molar-refractivity contribution in [3.05, 3.63) is 24.3 Å². The Kier molecular flexibility index (Phi) is 4.20. The molecule has 0 unspecified atom stereocenters. The number of nitrogens with one attached hydrogen (secondary N) is 2. The molecule has 5 heteroatoms. The topological polar surface area (TPSA) is 59.0 Å². The Morgan fingerprint density at radius 1 is 1.38 bits per heavy atom. The number of hydrogen-bond donors (Lipinski definition) is 2. The molecule has 1 saturated heterocycles. The molecule has 0 saturated carbocycles. The van der Waals surface area contributed by atoms with Crippen LogP contribution in [-0.2, 0) is 11.3 Å². The van der Waals surface area contributed by atoms with Gasteiger partial charge in [0.05, 0.1) is 11.0 Å². The fourth-order valence-electron chi connectivity index (χ4n) is 2.92. The molecule has 2 heterocycles. The van der Waals surface area contributed by atoms with Gasteiger partial charge >= 0.3 is 0 Å². The number of carbonyl (C=O) groups is 1. The summed E-state index contributed by atoms with van der Waals surface area (Å²) in [7, 11) is 0. The van der Waals surface area contributed by atoms with Gasteiger partial charge in [0, 0.05) is 12.5 Å². The van der Waals surface area contributed by atoms with Crippen LogP contribution >= 0.6 is 0 Å². The van der Waals surface area contributed by atoms with Crippen LogP contribution in [0.15, 0.2) is 24.3 Å². The van der Waals surface area contributed by atoms with E-state index in [-0.39, 0.29) is 11.8 Å². The molecule has 3 rings (SSSR count). The van der Waals surface area contributed by atoms with Gasteiger partial charge in [0.15, 0.2) is 0 Å². The van der Waals surface area contributed by atoms with E-state index in [1.54, 1.807) is 0 Å². The number of piperidine rings is 1. The van der Waals surface area contributed by atoms with Crippen LogP contribution in [0.1, 0.15) is 26.2 Å². The summed E-state index contributed by atoms with van der Waals surface area (Å²) in [4.78, 5) is 17.0. The highest BCUT2D eigenvalue weighted by Crippen LogP contribution is 2.21. The van der Waals surface area contributed by atoms with E-state index in [0.717, 1.165) is 49.9 Å². The van der Waals surface area contributed by atoms with Gasteiger partial charge in [-0.05, 0) is 44.5 Å². The third-order valence-corrected chi connectivity index (χ3v) is 4.05. The maximum Gasteiger partial charge on any atom is 0.229 e. The normalized spacial score (nSPS) is 16.2. The second-order valence-corrected chi connectivity index (χ2v) is 5.59. The highest BCUT2D eigenvalue weighted by Gasteiger charge is 2.22. The SMILES string of the molecule is CCCn1c(NC(=O)C2CCNCC2)nc2ccccc21. The maximum absolute atomic E-state index is 12.4.